The monoisotopic (exact) mass is 406 g/mol. The summed E-state index contributed by atoms with van der Waals surface area (Å²) < 4.78 is 14.4. The molecule has 0 radical (unpaired) electrons. The van der Waals surface area contributed by atoms with E-state index in [0.717, 1.165) is 2.88 Å². The third-order valence-corrected chi connectivity index (χ3v) is 4.33. The first-order chi connectivity index (χ1) is 8.97. The smallest absolute Gasteiger partial charge is 0.256 e. The molecule has 0 fully saturated rings. The highest BCUT2D eigenvalue weighted by atomic mass is 127. The van der Waals surface area contributed by atoms with Crippen molar-refractivity contribution in [1.82, 2.24) is 0 Å². The van der Waals surface area contributed by atoms with Crippen molar-refractivity contribution >= 4 is 62.7 Å². The molecule has 1 heterocycles. The highest BCUT2D eigenvalue weighted by Crippen LogP contribution is 2.19. The lowest BCUT2D eigenvalue weighted by molar-refractivity contribution is 0.102. The molecule has 0 saturated heterocycles. The fourth-order valence-corrected chi connectivity index (χ4v) is 2.91. The van der Waals surface area contributed by atoms with E-state index in [2.05, 4.69) is 27.9 Å². The van der Waals surface area contributed by atoms with Crippen LogP contribution >= 0.6 is 46.1 Å². The third-order valence-electron chi connectivity index (χ3n) is 2.32. The lowest BCUT2D eigenvalue weighted by Gasteiger charge is -2.07. The number of thiocarbonyl (C=S) groups is 1. The van der Waals surface area contributed by atoms with Crippen LogP contribution in [0.4, 0.5) is 10.1 Å². The first-order valence-electron chi connectivity index (χ1n) is 5.12. The van der Waals surface area contributed by atoms with Crippen LogP contribution in [0.1, 0.15) is 15.9 Å². The van der Waals surface area contributed by atoms with Gasteiger partial charge >= 0.3 is 0 Å². The molecular formula is C12H8FIN2OS2. The molecule has 0 aliphatic heterocycles. The highest BCUT2D eigenvalue weighted by molar-refractivity contribution is 14.1. The van der Waals surface area contributed by atoms with Crippen LogP contribution < -0.4 is 11.1 Å². The molecule has 0 atom stereocenters. The van der Waals surface area contributed by atoms with Gasteiger partial charge in [-0.2, -0.15) is 0 Å². The summed E-state index contributed by atoms with van der Waals surface area (Å²) >= 11 is 8.36. The zero-order valence-electron chi connectivity index (χ0n) is 9.44. The molecule has 0 bridgehead atoms. The number of nitrogens with one attached hydrogen (secondary N) is 1. The van der Waals surface area contributed by atoms with Crippen molar-refractivity contribution in [3.63, 3.8) is 0 Å². The number of hydrogen-bond donors (Lipinski definition) is 2. The molecule has 2 rings (SSSR count). The van der Waals surface area contributed by atoms with E-state index in [4.69, 9.17) is 18.0 Å². The van der Waals surface area contributed by atoms with Crippen LogP contribution in [0.5, 0.6) is 0 Å². The van der Waals surface area contributed by atoms with Crippen molar-refractivity contribution in [2.24, 2.45) is 5.73 Å². The number of rotatable bonds is 3. The Bertz CT molecular complexity index is 657. The van der Waals surface area contributed by atoms with Gasteiger partial charge in [-0.3, -0.25) is 4.79 Å². The second-order valence-corrected chi connectivity index (χ2v) is 6.90. The molecular weight excluding hydrogens is 398 g/mol. The van der Waals surface area contributed by atoms with E-state index in [1.807, 2.05) is 0 Å². The second-order valence-electron chi connectivity index (χ2n) is 3.65. The Labute approximate surface area is 132 Å². The van der Waals surface area contributed by atoms with Crippen LogP contribution in [-0.4, -0.2) is 10.9 Å². The molecule has 0 spiro atoms. The van der Waals surface area contributed by atoms with Crippen LogP contribution in [0.2, 0.25) is 0 Å². The van der Waals surface area contributed by atoms with E-state index in [1.165, 1.54) is 29.5 Å². The minimum absolute atomic E-state index is 0.0429. The predicted octanol–water partition coefficient (Wildman–Crippen LogP) is 3.38. The Hall–Kier alpha value is -1.06. The maximum absolute atomic E-state index is 13.4. The molecule has 98 valence electrons. The molecule has 0 unspecified atom stereocenters. The molecule has 1 aromatic heterocycles. The molecule has 0 saturated carbocycles. The van der Waals surface area contributed by atoms with Crippen molar-refractivity contribution in [2.45, 2.75) is 0 Å². The molecule has 3 nitrogen and oxygen atoms in total. The van der Waals surface area contributed by atoms with Crippen LogP contribution in [0.15, 0.2) is 29.6 Å². The minimum Gasteiger partial charge on any atom is -0.389 e. The quantitative estimate of drug-likeness (QED) is 0.607. The summed E-state index contributed by atoms with van der Waals surface area (Å²) in [6.07, 6.45) is 0. The van der Waals surface area contributed by atoms with Gasteiger partial charge in [0.2, 0.25) is 0 Å². The Morgan fingerprint density at radius 2 is 2.16 bits per heavy atom. The van der Waals surface area contributed by atoms with Gasteiger partial charge in [0.05, 0.1) is 8.45 Å². The van der Waals surface area contributed by atoms with Crippen LogP contribution in [0.25, 0.3) is 0 Å². The largest absolute Gasteiger partial charge is 0.389 e. The molecule has 1 amide bonds. The van der Waals surface area contributed by atoms with Gasteiger partial charge in [-0.05, 0) is 46.9 Å². The van der Waals surface area contributed by atoms with Gasteiger partial charge in [0, 0.05) is 16.6 Å². The standard InChI is InChI=1S/C12H8FIN2OS2/c13-9-2-1-7(4-8(9)11(15)18)16-12(17)6-3-10(14)19-5-6/h1-5H,(H2,15,18)(H,16,17). The van der Waals surface area contributed by atoms with Crippen LogP contribution in [-0.2, 0) is 0 Å². The van der Waals surface area contributed by atoms with Gasteiger partial charge < -0.3 is 11.1 Å². The van der Waals surface area contributed by atoms with Crippen molar-refractivity contribution in [1.29, 1.82) is 0 Å². The average Bonchev–Trinajstić information content (AvgIpc) is 2.78. The van der Waals surface area contributed by atoms with Gasteiger partial charge in [-0.1, -0.05) is 12.2 Å². The number of anilines is 1. The molecule has 2 aromatic rings. The number of amides is 1. The Morgan fingerprint density at radius 1 is 1.42 bits per heavy atom. The predicted molar refractivity (Wildman–Crippen MR) is 87.3 cm³/mol. The first-order valence-corrected chi connectivity index (χ1v) is 7.49. The molecule has 1 aromatic carbocycles. The summed E-state index contributed by atoms with van der Waals surface area (Å²) in [5.41, 5.74) is 6.55. The summed E-state index contributed by atoms with van der Waals surface area (Å²) in [4.78, 5) is 11.9. The summed E-state index contributed by atoms with van der Waals surface area (Å²) in [7, 11) is 0. The molecule has 3 N–H and O–H groups in total. The lowest BCUT2D eigenvalue weighted by atomic mass is 10.2. The second kappa shape index (κ2) is 5.93. The van der Waals surface area contributed by atoms with Crippen molar-refractivity contribution in [3.05, 3.63) is 49.5 Å². The van der Waals surface area contributed by atoms with Gasteiger partial charge in [0.15, 0.2) is 0 Å². The summed E-state index contributed by atoms with van der Waals surface area (Å²) in [5.74, 6) is -0.754. The minimum atomic E-state index is -0.504. The average molecular weight is 406 g/mol. The van der Waals surface area contributed by atoms with Crippen molar-refractivity contribution in [3.8, 4) is 0 Å². The highest BCUT2D eigenvalue weighted by Gasteiger charge is 2.11. The number of carbonyl (C=O) groups is 1. The number of halogens is 2. The summed E-state index contributed by atoms with van der Waals surface area (Å²) in [6, 6.07) is 5.89. The topological polar surface area (TPSA) is 55.1 Å². The fourth-order valence-electron chi connectivity index (χ4n) is 1.42. The zero-order valence-corrected chi connectivity index (χ0v) is 13.2. The number of carbonyl (C=O) groups excluding carboxylic acids is 1. The number of hydrogen-bond acceptors (Lipinski definition) is 3. The Kier molecular flexibility index (Phi) is 4.48. The molecule has 7 heteroatoms. The van der Waals surface area contributed by atoms with E-state index in [1.54, 1.807) is 11.4 Å². The molecule has 0 aliphatic carbocycles. The summed E-state index contributed by atoms with van der Waals surface area (Å²) in [5, 5.41) is 4.44. The van der Waals surface area contributed by atoms with Gasteiger partial charge in [-0.25, -0.2) is 4.39 Å². The van der Waals surface area contributed by atoms with Crippen LogP contribution in [0, 0.1) is 8.70 Å². The summed E-state index contributed by atoms with van der Waals surface area (Å²) in [6.45, 7) is 0. The van der Waals surface area contributed by atoms with Crippen LogP contribution in [0.3, 0.4) is 0 Å². The van der Waals surface area contributed by atoms with Gasteiger partial charge in [0.25, 0.3) is 5.91 Å². The van der Waals surface area contributed by atoms with E-state index < -0.39 is 5.82 Å². The fraction of sp³-hybridized carbons (Fsp3) is 0. The van der Waals surface area contributed by atoms with E-state index in [9.17, 15) is 9.18 Å². The molecule has 19 heavy (non-hydrogen) atoms. The maximum Gasteiger partial charge on any atom is 0.256 e. The van der Waals surface area contributed by atoms with E-state index in [0.29, 0.717) is 11.3 Å². The number of benzene rings is 1. The van der Waals surface area contributed by atoms with E-state index >= 15 is 0 Å². The number of thiophene rings is 1. The van der Waals surface area contributed by atoms with Gasteiger partial charge in [-0.15, -0.1) is 11.3 Å². The maximum atomic E-state index is 13.4. The molecule has 0 aliphatic rings. The van der Waals surface area contributed by atoms with Crippen molar-refractivity contribution in [2.75, 3.05) is 5.32 Å². The SMILES string of the molecule is NC(=S)c1cc(NC(=O)c2csc(I)c2)ccc1F. The zero-order chi connectivity index (χ0) is 14.0. The van der Waals surface area contributed by atoms with Crippen molar-refractivity contribution < 1.29 is 9.18 Å². The number of nitrogens with two attached hydrogens (primary N) is 1. The normalized spacial score (nSPS) is 10.2. The first kappa shape index (κ1) is 14.4. The lowest BCUT2D eigenvalue weighted by Crippen LogP contribution is -2.14. The Morgan fingerprint density at radius 3 is 2.74 bits per heavy atom. The van der Waals surface area contributed by atoms with E-state index in [-0.39, 0.29) is 16.5 Å². The third kappa shape index (κ3) is 3.48. The Balaban J connectivity index is 2.22. The van der Waals surface area contributed by atoms with Gasteiger partial charge in [0.1, 0.15) is 10.8 Å².